The van der Waals surface area contributed by atoms with Crippen molar-refractivity contribution in [2.24, 2.45) is 5.73 Å². The number of hydrogen-bond donors (Lipinski definition) is 1. The van der Waals surface area contributed by atoms with E-state index >= 15 is 0 Å². The first kappa shape index (κ1) is 12.0. The summed E-state index contributed by atoms with van der Waals surface area (Å²) in [6, 6.07) is 9.88. The predicted molar refractivity (Wildman–Crippen MR) is 63.1 cm³/mol. The molecule has 15 heavy (non-hydrogen) atoms. The number of nitrogens with zero attached hydrogens (tertiary/aromatic N) is 1. The summed E-state index contributed by atoms with van der Waals surface area (Å²) in [6.45, 7) is 1.55. The zero-order chi connectivity index (χ0) is 11.1. The van der Waals surface area contributed by atoms with Gasteiger partial charge in [-0.05, 0) is 39.2 Å². The summed E-state index contributed by atoms with van der Waals surface area (Å²) in [7, 11) is 4.08. The lowest BCUT2D eigenvalue weighted by Gasteiger charge is -2.22. The molecule has 2 N–H and O–H groups in total. The highest BCUT2D eigenvalue weighted by Crippen LogP contribution is 2.12. The van der Waals surface area contributed by atoms with E-state index in [9.17, 15) is 0 Å². The number of likely N-dealkylation sites (N-methyl/N-ethyl adjacent to an activating group) is 1. The van der Waals surface area contributed by atoms with E-state index < -0.39 is 0 Å². The third-order valence-corrected chi connectivity index (χ3v) is 2.10. The smallest absolute Gasteiger partial charge is 0.119 e. The fourth-order valence-electron chi connectivity index (χ4n) is 1.47. The minimum atomic E-state index is 0.174. The van der Waals surface area contributed by atoms with Crippen molar-refractivity contribution < 1.29 is 4.74 Å². The monoisotopic (exact) mass is 208 g/mol. The standard InChI is InChI=1S/C12H20N2O/c1-14(2)10-12(8-9-13)15-11-6-4-3-5-7-11/h3-7,12H,8-10,13H2,1-2H3. The maximum absolute atomic E-state index is 5.84. The summed E-state index contributed by atoms with van der Waals surface area (Å²) >= 11 is 0. The first-order valence-corrected chi connectivity index (χ1v) is 5.29. The Morgan fingerprint density at radius 1 is 1.27 bits per heavy atom. The van der Waals surface area contributed by atoms with Gasteiger partial charge < -0.3 is 15.4 Å². The Bertz CT molecular complexity index is 262. The number of benzene rings is 1. The van der Waals surface area contributed by atoms with E-state index in [1.54, 1.807) is 0 Å². The molecule has 0 radical (unpaired) electrons. The molecule has 1 aromatic carbocycles. The summed E-state index contributed by atoms with van der Waals surface area (Å²) in [5.41, 5.74) is 5.56. The molecular weight excluding hydrogens is 188 g/mol. The molecule has 1 unspecified atom stereocenters. The maximum Gasteiger partial charge on any atom is 0.119 e. The van der Waals surface area contributed by atoms with E-state index in [1.807, 2.05) is 44.4 Å². The second-order valence-electron chi connectivity index (χ2n) is 3.89. The molecule has 0 aromatic heterocycles. The van der Waals surface area contributed by atoms with Gasteiger partial charge in [0.05, 0.1) is 0 Å². The Labute approximate surface area is 91.8 Å². The minimum absolute atomic E-state index is 0.174. The zero-order valence-corrected chi connectivity index (χ0v) is 9.52. The fraction of sp³-hybridized carbons (Fsp3) is 0.500. The van der Waals surface area contributed by atoms with Crippen molar-refractivity contribution in [2.75, 3.05) is 27.2 Å². The van der Waals surface area contributed by atoms with Crippen LogP contribution in [0.3, 0.4) is 0 Å². The molecule has 0 fully saturated rings. The molecule has 1 rings (SSSR count). The molecule has 0 bridgehead atoms. The minimum Gasteiger partial charge on any atom is -0.489 e. The van der Waals surface area contributed by atoms with Gasteiger partial charge in [-0.25, -0.2) is 0 Å². The van der Waals surface area contributed by atoms with Crippen LogP contribution in [0.15, 0.2) is 30.3 Å². The van der Waals surface area contributed by atoms with Crippen molar-refractivity contribution in [3.63, 3.8) is 0 Å². The molecule has 84 valence electrons. The van der Waals surface area contributed by atoms with Crippen LogP contribution in [0.1, 0.15) is 6.42 Å². The number of ether oxygens (including phenoxy) is 1. The van der Waals surface area contributed by atoms with Crippen molar-refractivity contribution in [3.8, 4) is 5.75 Å². The Morgan fingerprint density at radius 3 is 2.47 bits per heavy atom. The molecular formula is C12H20N2O. The summed E-state index contributed by atoms with van der Waals surface area (Å²) in [5, 5.41) is 0. The van der Waals surface area contributed by atoms with Crippen molar-refractivity contribution in [1.82, 2.24) is 4.90 Å². The predicted octanol–water partition coefficient (Wildman–Crippen LogP) is 1.34. The SMILES string of the molecule is CN(C)CC(CCN)Oc1ccccc1. The fourth-order valence-corrected chi connectivity index (χ4v) is 1.47. The van der Waals surface area contributed by atoms with Crippen LogP contribution in [0.25, 0.3) is 0 Å². The number of rotatable bonds is 6. The topological polar surface area (TPSA) is 38.5 Å². The second kappa shape index (κ2) is 6.43. The molecule has 1 aromatic rings. The first-order chi connectivity index (χ1) is 7.22. The Kier molecular flexibility index (Phi) is 5.15. The quantitative estimate of drug-likeness (QED) is 0.767. The molecule has 1 atom stereocenters. The van der Waals surface area contributed by atoms with Gasteiger partial charge in [-0.2, -0.15) is 0 Å². The van der Waals surface area contributed by atoms with E-state index in [0.29, 0.717) is 6.54 Å². The van der Waals surface area contributed by atoms with Gasteiger partial charge in [0.15, 0.2) is 0 Å². The van der Waals surface area contributed by atoms with E-state index in [0.717, 1.165) is 18.7 Å². The van der Waals surface area contributed by atoms with E-state index in [1.165, 1.54) is 0 Å². The van der Waals surface area contributed by atoms with Gasteiger partial charge in [-0.3, -0.25) is 0 Å². The summed E-state index contributed by atoms with van der Waals surface area (Å²) in [5.74, 6) is 0.915. The van der Waals surface area contributed by atoms with Crippen molar-refractivity contribution in [1.29, 1.82) is 0 Å². The average molecular weight is 208 g/mol. The summed E-state index contributed by atoms with van der Waals surface area (Å²) < 4.78 is 5.84. The number of nitrogens with two attached hydrogens (primary N) is 1. The first-order valence-electron chi connectivity index (χ1n) is 5.29. The van der Waals surface area contributed by atoms with Gasteiger partial charge in [0.2, 0.25) is 0 Å². The van der Waals surface area contributed by atoms with Gasteiger partial charge in [0.1, 0.15) is 11.9 Å². The second-order valence-corrected chi connectivity index (χ2v) is 3.89. The van der Waals surface area contributed by atoms with Crippen LogP contribution in [0.4, 0.5) is 0 Å². The summed E-state index contributed by atoms with van der Waals surface area (Å²) in [6.07, 6.45) is 1.06. The summed E-state index contributed by atoms with van der Waals surface area (Å²) in [4.78, 5) is 2.11. The van der Waals surface area contributed by atoms with Gasteiger partial charge in [0, 0.05) is 6.54 Å². The van der Waals surface area contributed by atoms with Crippen molar-refractivity contribution in [2.45, 2.75) is 12.5 Å². The molecule has 0 aliphatic carbocycles. The average Bonchev–Trinajstić information content (AvgIpc) is 2.18. The van der Waals surface area contributed by atoms with Gasteiger partial charge >= 0.3 is 0 Å². The highest BCUT2D eigenvalue weighted by atomic mass is 16.5. The highest BCUT2D eigenvalue weighted by molar-refractivity contribution is 5.21. The molecule has 0 spiro atoms. The Hall–Kier alpha value is -1.06. The third-order valence-electron chi connectivity index (χ3n) is 2.10. The molecule has 3 nitrogen and oxygen atoms in total. The van der Waals surface area contributed by atoms with Crippen LogP contribution in [0.2, 0.25) is 0 Å². The number of para-hydroxylation sites is 1. The van der Waals surface area contributed by atoms with Crippen molar-refractivity contribution >= 4 is 0 Å². The van der Waals surface area contributed by atoms with Crippen LogP contribution in [-0.4, -0.2) is 38.2 Å². The van der Waals surface area contributed by atoms with Gasteiger partial charge in [0.25, 0.3) is 0 Å². The van der Waals surface area contributed by atoms with Crippen LogP contribution >= 0.6 is 0 Å². The lowest BCUT2D eigenvalue weighted by molar-refractivity contribution is 0.153. The molecule has 0 heterocycles. The van der Waals surface area contributed by atoms with E-state index in [2.05, 4.69) is 4.90 Å². The molecule has 0 amide bonds. The third kappa shape index (κ3) is 4.81. The van der Waals surface area contributed by atoms with Crippen LogP contribution < -0.4 is 10.5 Å². The maximum atomic E-state index is 5.84. The largest absolute Gasteiger partial charge is 0.489 e. The molecule has 3 heteroatoms. The lowest BCUT2D eigenvalue weighted by Crippen LogP contribution is -2.32. The molecule has 0 saturated heterocycles. The molecule has 0 aliphatic rings. The zero-order valence-electron chi connectivity index (χ0n) is 9.52. The Morgan fingerprint density at radius 2 is 1.93 bits per heavy atom. The number of hydrogen-bond acceptors (Lipinski definition) is 3. The van der Waals surface area contributed by atoms with Crippen molar-refractivity contribution in [3.05, 3.63) is 30.3 Å². The Balaban J connectivity index is 2.50. The van der Waals surface area contributed by atoms with E-state index in [-0.39, 0.29) is 6.10 Å². The van der Waals surface area contributed by atoms with E-state index in [4.69, 9.17) is 10.5 Å². The highest BCUT2D eigenvalue weighted by Gasteiger charge is 2.10. The molecule has 0 aliphatic heterocycles. The normalized spacial score (nSPS) is 12.8. The van der Waals surface area contributed by atoms with Gasteiger partial charge in [-0.15, -0.1) is 0 Å². The lowest BCUT2D eigenvalue weighted by atomic mass is 10.2. The van der Waals surface area contributed by atoms with Crippen LogP contribution in [0, 0.1) is 0 Å². The molecule has 0 saturated carbocycles. The van der Waals surface area contributed by atoms with Crippen LogP contribution in [-0.2, 0) is 0 Å². The van der Waals surface area contributed by atoms with Gasteiger partial charge in [-0.1, -0.05) is 18.2 Å². The van der Waals surface area contributed by atoms with Crippen LogP contribution in [0.5, 0.6) is 5.75 Å².